The Balaban J connectivity index is 1.35. The fourth-order valence-electron chi connectivity index (χ4n) is 5.34. The van der Waals surface area contributed by atoms with Crippen molar-refractivity contribution in [2.75, 3.05) is 27.2 Å². The van der Waals surface area contributed by atoms with Crippen molar-refractivity contribution in [1.29, 1.82) is 0 Å². The summed E-state index contributed by atoms with van der Waals surface area (Å²) >= 11 is 0. The molecule has 2 atom stereocenters. The number of hydrogen-bond acceptors (Lipinski definition) is 5. The second-order valence-corrected chi connectivity index (χ2v) is 10.4. The topological polar surface area (TPSA) is 94.2 Å². The van der Waals surface area contributed by atoms with Gasteiger partial charge >= 0.3 is 0 Å². The van der Waals surface area contributed by atoms with Gasteiger partial charge < -0.3 is 10.2 Å². The van der Waals surface area contributed by atoms with E-state index in [9.17, 15) is 18.4 Å². The molecule has 2 aromatic heterocycles. The van der Waals surface area contributed by atoms with Crippen LogP contribution in [0.15, 0.2) is 59.8 Å². The minimum atomic E-state index is -0.574. The molecule has 5 rings (SSSR count). The number of halogens is 2. The van der Waals surface area contributed by atoms with Gasteiger partial charge in [-0.25, -0.2) is 8.78 Å². The van der Waals surface area contributed by atoms with Gasteiger partial charge in [0, 0.05) is 73.6 Å². The summed E-state index contributed by atoms with van der Waals surface area (Å²) in [6.45, 7) is 2.18. The predicted octanol–water partition coefficient (Wildman–Crippen LogP) is 4.46. The van der Waals surface area contributed by atoms with E-state index in [0.717, 1.165) is 27.9 Å². The number of aromatic nitrogens is 3. The number of benzene rings is 1. The molecule has 3 aromatic rings. The molecule has 1 aliphatic carbocycles. The Labute approximate surface area is 225 Å². The molecule has 0 unspecified atom stereocenters. The van der Waals surface area contributed by atoms with Gasteiger partial charge in [0.15, 0.2) is 0 Å². The average Bonchev–Trinajstić information content (AvgIpc) is 3.34. The van der Waals surface area contributed by atoms with Crippen LogP contribution in [0.5, 0.6) is 0 Å². The number of amides is 2. The number of pyridine rings is 1. The molecule has 204 valence electrons. The Hall–Kier alpha value is -3.92. The quantitative estimate of drug-likeness (QED) is 0.487. The van der Waals surface area contributed by atoms with Crippen molar-refractivity contribution in [1.82, 2.24) is 30.3 Å². The fourth-order valence-corrected chi connectivity index (χ4v) is 5.34. The number of aromatic amines is 1. The van der Waals surface area contributed by atoms with Crippen LogP contribution in [-0.2, 0) is 4.79 Å². The third kappa shape index (κ3) is 5.61. The number of carbonyl (C=O) groups excluding carboxylic acids is 2. The monoisotopic (exact) mass is 534 g/mol. The first-order chi connectivity index (χ1) is 18.7. The van der Waals surface area contributed by atoms with E-state index in [0.29, 0.717) is 31.4 Å². The predicted molar refractivity (Wildman–Crippen MR) is 145 cm³/mol. The van der Waals surface area contributed by atoms with Crippen molar-refractivity contribution in [3.63, 3.8) is 0 Å². The number of H-pyrrole nitrogens is 1. The molecular formula is C29H32F2N6O2. The molecule has 8 nitrogen and oxygen atoms in total. The van der Waals surface area contributed by atoms with Gasteiger partial charge in [-0.05, 0) is 62.6 Å². The number of nitrogens with zero attached hydrogens (tertiary/aromatic N) is 4. The van der Waals surface area contributed by atoms with E-state index in [1.54, 1.807) is 37.3 Å². The van der Waals surface area contributed by atoms with Gasteiger partial charge in [0.2, 0.25) is 5.91 Å². The number of aryl methyl sites for hydroxylation is 1. The largest absolute Gasteiger partial charge is 0.348 e. The van der Waals surface area contributed by atoms with Crippen LogP contribution in [0.1, 0.15) is 41.7 Å². The number of rotatable bonds is 6. The van der Waals surface area contributed by atoms with Crippen LogP contribution in [0.4, 0.5) is 8.78 Å². The van der Waals surface area contributed by atoms with Crippen LogP contribution >= 0.6 is 0 Å². The number of fused-ring (bicyclic) bond motifs is 1. The van der Waals surface area contributed by atoms with E-state index in [1.165, 1.54) is 11.0 Å². The number of likely N-dealkylation sites (tertiary alicyclic amines) is 1. The number of allylic oxidation sites excluding steroid dienone is 2. The highest BCUT2D eigenvalue weighted by atomic mass is 19.1. The van der Waals surface area contributed by atoms with Crippen LogP contribution in [0.2, 0.25) is 0 Å². The van der Waals surface area contributed by atoms with Crippen LogP contribution in [-0.4, -0.2) is 76.1 Å². The summed E-state index contributed by atoms with van der Waals surface area (Å²) in [4.78, 5) is 33.7. The lowest BCUT2D eigenvalue weighted by atomic mass is 9.94. The Kier molecular flexibility index (Phi) is 7.56. The third-order valence-electron chi connectivity index (χ3n) is 7.40. The number of nitrogens with one attached hydrogen (secondary N) is 2. The van der Waals surface area contributed by atoms with E-state index < -0.39 is 17.7 Å². The van der Waals surface area contributed by atoms with E-state index in [4.69, 9.17) is 0 Å². The molecule has 0 radical (unpaired) electrons. The van der Waals surface area contributed by atoms with Crippen LogP contribution in [0.3, 0.4) is 0 Å². The van der Waals surface area contributed by atoms with E-state index in [-0.39, 0.29) is 36.4 Å². The maximum Gasteiger partial charge on any atom is 0.251 e. The Bertz CT molecular complexity index is 1480. The van der Waals surface area contributed by atoms with Gasteiger partial charge in [-0.3, -0.25) is 24.6 Å². The van der Waals surface area contributed by atoms with Gasteiger partial charge in [0.05, 0.1) is 11.6 Å². The first kappa shape index (κ1) is 26.7. The zero-order chi connectivity index (χ0) is 27.7. The molecule has 0 saturated carbocycles. The van der Waals surface area contributed by atoms with Crippen molar-refractivity contribution < 1.29 is 18.4 Å². The standard InChI is InChI=1S/C29H32F2N6O2/c1-17-13-18(11-12-32-17)27-21-14-19(7-9-25(21)34-35-27)28(38)33-20-8-10-26(29(39)36(2)3)37(15-20)16-22-23(30)5-4-6-24(22)31/h5,7,9,11-14,20,26H,4,6,8,10,15-16H2,1-3H3,(H,33,38)(H,34,35)/t20-,26+/m1/s1. The van der Waals surface area contributed by atoms with Gasteiger partial charge in [-0.1, -0.05) is 0 Å². The lowest BCUT2D eigenvalue weighted by Crippen LogP contribution is -2.56. The normalized spacial score (nSPS) is 20.2. The highest BCUT2D eigenvalue weighted by molar-refractivity contribution is 6.01. The van der Waals surface area contributed by atoms with Crippen molar-refractivity contribution >= 4 is 22.7 Å². The first-order valence-corrected chi connectivity index (χ1v) is 13.1. The Morgan fingerprint density at radius 3 is 2.74 bits per heavy atom. The summed E-state index contributed by atoms with van der Waals surface area (Å²) in [5.41, 5.74) is 3.78. The van der Waals surface area contributed by atoms with Crippen LogP contribution in [0.25, 0.3) is 22.2 Å². The lowest BCUT2D eigenvalue weighted by Gasteiger charge is -2.40. The number of hydrogen-bond donors (Lipinski definition) is 2. The minimum Gasteiger partial charge on any atom is -0.348 e. The van der Waals surface area contributed by atoms with Crippen molar-refractivity contribution in [3.05, 3.63) is 71.1 Å². The molecule has 0 spiro atoms. The van der Waals surface area contributed by atoms with Crippen molar-refractivity contribution in [2.24, 2.45) is 0 Å². The summed E-state index contributed by atoms with van der Waals surface area (Å²) in [5.74, 6) is -1.43. The zero-order valence-corrected chi connectivity index (χ0v) is 22.3. The maximum atomic E-state index is 14.5. The van der Waals surface area contributed by atoms with Gasteiger partial charge in [0.25, 0.3) is 5.91 Å². The summed E-state index contributed by atoms with van der Waals surface area (Å²) in [7, 11) is 3.34. The average molecular weight is 535 g/mol. The number of carbonyl (C=O) groups is 2. The van der Waals surface area contributed by atoms with Gasteiger partial charge in [-0.2, -0.15) is 5.10 Å². The molecular weight excluding hydrogens is 502 g/mol. The van der Waals surface area contributed by atoms with E-state index in [1.807, 2.05) is 25.1 Å². The van der Waals surface area contributed by atoms with Gasteiger partial charge in [0.1, 0.15) is 17.3 Å². The molecule has 1 aromatic carbocycles. The van der Waals surface area contributed by atoms with Crippen LogP contribution < -0.4 is 5.32 Å². The molecule has 1 fully saturated rings. The smallest absolute Gasteiger partial charge is 0.251 e. The molecule has 39 heavy (non-hydrogen) atoms. The number of piperidine rings is 1. The summed E-state index contributed by atoms with van der Waals surface area (Å²) in [5, 5.41) is 11.3. The highest BCUT2D eigenvalue weighted by Crippen LogP contribution is 2.31. The Morgan fingerprint density at radius 1 is 1.18 bits per heavy atom. The highest BCUT2D eigenvalue weighted by Gasteiger charge is 2.36. The molecule has 2 N–H and O–H groups in total. The molecule has 1 aliphatic heterocycles. The molecule has 2 aliphatic rings. The second-order valence-electron chi connectivity index (χ2n) is 10.4. The second kappa shape index (κ2) is 11.1. The summed E-state index contributed by atoms with van der Waals surface area (Å²) in [6.07, 6.45) is 4.63. The SMILES string of the molecule is Cc1cc(-c2n[nH]c3ccc(C(=O)N[C@@H]4CC[C@@H](C(=O)N(C)C)N(CC5=C(F)CCC=C5F)C4)cc23)ccn1. The zero-order valence-electron chi connectivity index (χ0n) is 22.3. The lowest BCUT2D eigenvalue weighted by molar-refractivity contribution is -0.135. The third-order valence-corrected chi connectivity index (χ3v) is 7.40. The molecule has 1 saturated heterocycles. The summed E-state index contributed by atoms with van der Waals surface area (Å²) < 4.78 is 29.1. The van der Waals surface area contributed by atoms with Gasteiger partial charge in [-0.15, -0.1) is 0 Å². The van der Waals surface area contributed by atoms with Crippen molar-refractivity contribution in [3.8, 4) is 11.3 Å². The van der Waals surface area contributed by atoms with Crippen molar-refractivity contribution in [2.45, 2.75) is 44.7 Å². The maximum absolute atomic E-state index is 14.5. The number of likely N-dealkylation sites (N-methyl/N-ethyl adjacent to an activating group) is 1. The fraction of sp³-hybridized carbons (Fsp3) is 0.379. The van der Waals surface area contributed by atoms with Crippen LogP contribution in [0, 0.1) is 6.92 Å². The first-order valence-electron chi connectivity index (χ1n) is 13.1. The Morgan fingerprint density at radius 2 is 2.00 bits per heavy atom. The molecule has 3 heterocycles. The van der Waals surface area contributed by atoms with E-state index in [2.05, 4.69) is 20.5 Å². The van der Waals surface area contributed by atoms with E-state index >= 15 is 0 Å². The summed E-state index contributed by atoms with van der Waals surface area (Å²) in [6, 6.07) is 8.37. The molecule has 10 heteroatoms. The molecule has 2 amide bonds. The molecule has 0 bridgehead atoms. The minimum absolute atomic E-state index is 0.00549.